The second kappa shape index (κ2) is 5.72. The summed E-state index contributed by atoms with van der Waals surface area (Å²) in [5.41, 5.74) is 1.55. The molecular formula is C18H23N3O2. The van der Waals surface area contributed by atoms with Crippen LogP contribution < -0.4 is 10.1 Å². The molecule has 0 spiro atoms. The van der Waals surface area contributed by atoms with Crippen molar-refractivity contribution in [3.63, 3.8) is 0 Å². The molecule has 0 unspecified atom stereocenters. The topological polar surface area (TPSA) is 56.1 Å². The minimum Gasteiger partial charge on any atom is -0.497 e. The van der Waals surface area contributed by atoms with Gasteiger partial charge in [0.25, 0.3) is 0 Å². The first-order valence-corrected chi connectivity index (χ1v) is 7.98. The summed E-state index contributed by atoms with van der Waals surface area (Å²) in [7, 11) is 1.64. The Hall–Kier alpha value is -2.30. The zero-order chi connectivity index (χ0) is 16.6. The predicted molar refractivity (Wildman–Crippen MR) is 89.9 cm³/mol. The molecule has 0 bridgehead atoms. The van der Waals surface area contributed by atoms with Gasteiger partial charge in [-0.25, -0.2) is 0 Å². The van der Waals surface area contributed by atoms with E-state index in [1.54, 1.807) is 7.11 Å². The summed E-state index contributed by atoms with van der Waals surface area (Å²) in [6.07, 6.45) is 3.68. The number of aromatic nitrogens is 2. The Morgan fingerprint density at radius 2 is 2.13 bits per heavy atom. The number of amides is 1. The number of carbonyl (C=O) groups excluding carboxylic acids is 1. The lowest BCUT2D eigenvalue weighted by Gasteiger charge is -2.16. The first-order valence-electron chi connectivity index (χ1n) is 7.98. The third kappa shape index (κ3) is 2.83. The molecule has 1 aliphatic carbocycles. The van der Waals surface area contributed by atoms with Gasteiger partial charge < -0.3 is 10.1 Å². The van der Waals surface area contributed by atoms with Crippen LogP contribution in [0.3, 0.4) is 0 Å². The van der Waals surface area contributed by atoms with Crippen molar-refractivity contribution in [1.82, 2.24) is 9.78 Å². The van der Waals surface area contributed by atoms with Crippen LogP contribution in [0.5, 0.6) is 5.75 Å². The molecule has 2 aromatic rings. The summed E-state index contributed by atoms with van der Waals surface area (Å²) in [5, 5.41) is 7.49. The van der Waals surface area contributed by atoms with Crippen molar-refractivity contribution in [2.45, 2.75) is 45.1 Å². The fourth-order valence-corrected chi connectivity index (χ4v) is 2.79. The van der Waals surface area contributed by atoms with Gasteiger partial charge in [0.1, 0.15) is 5.75 Å². The van der Waals surface area contributed by atoms with Crippen LogP contribution in [-0.2, 0) is 10.2 Å². The number of rotatable bonds is 5. The van der Waals surface area contributed by atoms with Crippen LogP contribution >= 0.6 is 0 Å². The summed E-state index contributed by atoms with van der Waals surface area (Å²) in [4.78, 5) is 12.8. The average molecular weight is 313 g/mol. The molecule has 1 saturated carbocycles. The Balaban J connectivity index is 1.82. The fourth-order valence-electron chi connectivity index (χ4n) is 2.79. The van der Waals surface area contributed by atoms with Crippen molar-refractivity contribution in [2.75, 3.05) is 12.4 Å². The zero-order valence-corrected chi connectivity index (χ0v) is 14.1. The Kier molecular flexibility index (Phi) is 3.88. The van der Waals surface area contributed by atoms with E-state index in [0.29, 0.717) is 5.82 Å². The number of hydrogen-bond donors (Lipinski definition) is 1. The molecule has 1 amide bonds. The standard InChI is InChI=1S/C18H23N3O2/c1-12(2)21-11-13(3)16(20-21)19-17(22)18(8-9-18)14-6-5-7-15(10-14)23-4/h5-7,10-12H,8-9H2,1-4H3,(H,19,20,22). The molecule has 0 aliphatic heterocycles. The van der Waals surface area contributed by atoms with Gasteiger partial charge in [0.2, 0.25) is 5.91 Å². The van der Waals surface area contributed by atoms with Crippen molar-refractivity contribution >= 4 is 11.7 Å². The highest BCUT2D eigenvalue weighted by atomic mass is 16.5. The summed E-state index contributed by atoms with van der Waals surface area (Å²) in [6.45, 7) is 6.10. The smallest absolute Gasteiger partial charge is 0.236 e. The highest BCUT2D eigenvalue weighted by Crippen LogP contribution is 2.49. The largest absolute Gasteiger partial charge is 0.497 e. The fraction of sp³-hybridized carbons (Fsp3) is 0.444. The summed E-state index contributed by atoms with van der Waals surface area (Å²) >= 11 is 0. The molecule has 5 heteroatoms. The lowest BCUT2D eigenvalue weighted by molar-refractivity contribution is -0.118. The second-order valence-electron chi connectivity index (χ2n) is 6.50. The molecule has 23 heavy (non-hydrogen) atoms. The van der Waals surface area contributed by atoms with E-state index in [9.17, 15) is 4.79 Å². The molecule has 1 heterocycles. The van der Waals surface area contributed by atoms with Crippen molar-refractivity contribution in [1.29, 1.82) is 0 Å². The van der Waals surface area contributed by atoms with E-state index in [-0.39, 0.29) is 11.9 Å². The summed E-state index contributed by atoms with van der Waals surface area (Å²) in [6, 6.07) is 8.04. The number of ether oxygens (including phenoxy) is 1. The van der Waals surface area contributed by atoms with Gasteiger partial charge in [0.15, 0.2) is 5.82 Å². The number of benzene rings is 1. The van der Waals surface area contributed by atoms with Gasteiger partial charge >= 0.3 is 0 Å². The Labute approximate surface area is 136 Å². The SMILES string of the molecule is COc1cccc(C2(C(=O)Nc3nn(C(C)C)cc3C)CC2)c1. The van der Waals surface area contributed by atoms with Gasteiger partial charge in [-0.1, -0.05) is 12.1 Å². The first kappa shape index (κ1) is 15.6. The van der Waals surface area contributed by atoms with Crippen molar-refractivity contribution in [3.8, 4) is 5.75 Å². The van der Waals surface area contributed by atoms with Crippen LogP contribution in [-0.4, -0.2) is 22.8 Å². The number of hydrogen-bond acceptors (Lipinski definition) is 3. The van der Waals surface area contributed by atoms with E-state index in [1.165, 1.54) is 0 Å². The predicted octanol–water partition coefficient (Wildman–Crippen LogP) is 3.45. The minimum absolute atomic E-state index is 0.0165. The van der Waals surface area contributed by atoms with Gasteiger partial charge in [-0.3, -0.25) is 9.48 Å². The van der Waals surface area contributed by atoms with Gasteiger partial charge in [0.05, 0.1) is 12.5 Å². The molecule has 1 aliphatic rings. The molecule has 1 aromatic carbocycles. The van der Waals surface area contributed by atoms with E-state index in [2.05, 4.69) is 24.3 Å². The van der Waals surface area contributed by atoms with Crippen LogP contribution in [0.1, 0.15) is 43.9 Å². The van der Waals surface area contributed by atoms with Gasteiger partial charge in [-0.15, -0.1) is 0 Å². The maximum atomic E-state index is 12.8. The van der Waals surface area contributed by atoms with Crippen molar-refractivity contribution < 1.29 is 9.53 Å². The van der Waals surface area contributed by atoms with E-state index < -0.39 is 5.41 Å². The minimum atomic E-state index is -0.442. The van der Waals surface area contributed by atoms with Crippen LogP contribution in [0.4, 0.5) is 5.82 Å². The molecule has 1 fully saturated rings. The van der Waals surface area contributed by atoms with Gasteiger partial charge in [-0.05, 0) is 51.3 Å². The molecule has 0 radical (unpaired) electrons. The highest BCUT2D eigenvalue weighted by Gasteiger charge is 2.51. The number of nitrogens with one attached hydrogen (secondary N) is 1. The summed E-state index contributed by atoms with van der Waals surface area (Å²) in [5.74, 6) is 1.45. The van der Waals surface area contributed by atoms with Gasteiger partial charge in [-0.2, -0.15) is 5.10 Å². The molecule has 0 atom stereocenters. The van der Waals surface area contributed by atoms with Crippen LogP contribution in [0.15, 0.2) is 30.5 Å². The van der Waals surface area contributed by atoms with Crippen LogP contribution in [0, 0.1) is 6.92 Å². The molecule has 3 rings (SSSR count). The molecule has 1 N–H and O–H groups in total. The van der Waals surface area contributed by atoms with E-state index in [0.717, 1.165) is 29.7 Å². The number of methoxy groups -OCH3 is 1. The average Bonchev–Trinajstić information content (AvgIpc) is 3.28. The Morgan fingerprint density at radius 3 is 2.70 bits per heavy atom. The molecular weight excluding hydrogens is 290 g/mol. The van der Waals surface area contributed by atoms with E-state index in [1.807, 2.05) is 42.1 Å². The van der Waals surface area contributed by atoms with E-state index >= 15 is 0 Å². The third-order valence-electron chi connectivity index (χ3n) is 4.48. The van der Waals surface area contributed by atoms with Crippen molar-refractivity contribution in [3.05, 3.63) is 41.6 Å². The zero-order valence-electron chi connectivity index (χ0n) is 14.1. The van der Waals surface area contributed by atoms with E-state index in [4.69, 9.17) is 4.74 Å². The lowest BCUT2D eigenvalue weighted by atomic mass is 9.94. The maximum Gasteiger partial charge on any atom is 0.236 e. The maximum absolute atomic E-state index is 12.8. The Morgan fingerprint density at radius 1 is 1.39 bits per heavy atom. The highest BCUT2D eigenvalue weighted by molar-refractivity contribution is 6.01. The monoisotopic (exact) mass is 313 g/mol. The normalized spacial score (nSPS) is 15.5. The molecule has 5 nitrogen and oxygen atoms in total. The summed E-state index contributed by atoms with van der Waals surface area (Å²) < 4.78 is 7.15. The quantitative estimate of drug-likeness (QED) is 0.920. The van der Waals surface area contributed by atoms with Crippen LogP contribution in [0.2, 0.25) is 0 Å². The van der Waals surface area contributed by atoms with Crippen molar-refractivity contribution in [2.24, 2.45) is 0 Å². The second-order valence-corrected chi connectivity index (χ2v) is 6.50. The Bertz CT molecular complexity index is 730. The molecule has 0 saturated heterocycles. The lowest BCUT2D eigenvalue weighted by Crippen LogP contribution is -2.28. The molecule has 122 valence electrons. The number of nitrogens with zero attached hydrogens (tertiary/aromatic N) is 2. The van der Waals surface area contributed by atoms with Gasteiger partial charge in [0, 0.05) is 17.8 Å². The number of carbonyl (C=O) groups is 1. The first-order chi connectivity index (χ1) is 11.0. The number of anilines is 1. The number of aryl methyl sites for hydroxylation is 1. The molecule has 1 aromatic heterocycles. The third-order valence-corrected chi connectivity index (χ3v) is 4.48. The van der Waals surface area contributed by atoms with Crippen LogP contribution in [0.25, 0.3) is 0 Å².